The minimum atomic E-state index is -1.16. The summed E-state index contributed by atoms with van der Waals surface area (Å²) in [5, 5.41) is 17.6. The van der Waals surface area contributed by atoms with E-state index in [4.69, 9.17) is 0 Å². The third kappa shape index (κ3) is 3.85. The summed E-state index contributed by atoms with van der Waals surface area (Å²) in [6.07, 6.45) is 0.891. The highest BCUT2D eigenvalue weighted by atomic mass is 32.1. The molecule has 0 atom stereocenters. The van der Waals surface area contributed by atoms with Crippen molar-refractivity contribution in [1.82, 2.24) is 16.1 Å². The number of aromatic hydroxyl groups is 1. The monoisotopic (exact) mass is 320 g/mol. The molecule has 1 aliphatic heterocycles. The molecule has 0 aliphatic carbocycles. The number of benzene rings is 1. The molecule has 0 radical (unpaired) electrons. The van der Waals surface area contributed by atoms with Gasteiger partial charge in [0.05, 0.1) is 6.21 Å². The van der Waals surface area contributed by atoms with Crippen molar-refractivity contribution in [2.45, 2.75) is 6.42 Å². The number of thiocarbonyl (C=S) groups is 1. The van der Waals surface area contributed by atoms with E-state index in [9.17, 15) is 19.5 Å². The van der Waals surface area contributed by atoms with Gasteiger partial charge in [-0.25, -0.2) is 5.43 Å². The number of hydrogen-bond acceptors (Lipinski definition) is 6. The third-order valence-corrected chi connectivity index (χ3v) is 3.03. The maximum absolute atomic E-state index is 11.7. The van der Waals surface area contributed by atoms with Crippen LogP contribution < -0.4 is 16.1 Å². The van der Waals surface area contributed by atoms with Crippen LogP contribution in [0.15, 0.2) is 29.4 Å². The smallest absolute Gasteiger partial charge is 0.241 e. The van der Waals surface area contributed by atoms with Gasteiger partial charge in [0.2, 0.25) is 17.7 Å². The summed E-state index contributed by atoms with van der Waals surface area (Å²) < 4.78 is 0. The largest absolute Gasteiger partial charge is 0.507 e. The van der Waals surface area contributed by atoms with E-state index in [1.54, 1.807) is 18.2 Å². The maximum Gasteiger partial charge on any atom is 0.241 e. The van der Waals surface area contributed by atoms with Gasteiger partial charge in [0.25, 0.3) is 0 Å². The van der Waals surface area contributed by atoms with Gasteiger partial charge in [0, 0.05) is 12.0 Å². The number of rotatable bonds is 4. The van der Waals surface area contributed by atoms with Gasteiger partial charge in [-0.3, -0.25) is 14.4 Å². The molecule has 2 rings (SSSR count). The zero-order chi connectivity index (χ0) is 16.1. The van der Waals surface area contributed by atoms with Crippen LogP contribution in [0.4, 0.5) is 0 Å². The molecule has 8 nitrogen and oxygen atoms in total. The molecule has 1 fully saturated rings. The first-order valence-corrected chi connectivity index (χ1v) is 6.64. The first-order valence-electron chi connectivity index (χ1n) is 6.23. The molecule has 1 aromatic carbocycles. The predicted molar refractivity (Wildman–Crippen MR) is 80.8 cm³/mol. The molecular formula is C13H12N4O4S. The summed E-state index contributed by atoms with van der Waals surface area (Å²) in [7, 11) is 0. The molecule has 0 bridgehead atoms. The molecule has 0 aromatic heterocycles. The SMILES string of the molecule is O=C(CC1C(=O)NC(=S)NC1=O)N/N=C/c1ccccc1O. The molecule has 0 spiro atoms. The standard InChI is InChI=1S/C13H12N4O4S/c18-9-4-2-1-3-7(9)6-14-17-10(19)5-8-11(20)15-13(22)16-12(8)21/h1-4,6,8,18H,5H2,(H,17,19)(H2,15,16,20,21,22)/b14-6+. The van der Waals surface area contributed by atoms with Crippen LogP contribution in [0.5, 0.6) is 5.75 Å². The minimum Gasteiger partial charge on any atom is -0.507 e. The van der Waals surface area contributed by atoms with Crippen molar-refractivity contribution in [3.63, 3.8) is 0 Å². The van der Waals surface area contributed by atoms with Gasteiger partial charge in [0.1, 0.15) is 11.7 Å². The van der Waals surface area contributed by atoms with Crippen LogP contribution >= 0.6 is 12.2 Å². The second-order valence-electron chi connectivity index (χ2n) is 4.42. The van der Waals surface area contributed by atoms with Crippen LogP contribution in [-0.4, -0.2) is 34.2 Å². The van der Waals surface area contributed by atoms with Gasteiger partial charge >= 0.3 is 0 Å². The van der Waals surface area contributed by atoms with Gasteiger partial charge in [-0.2, -0.15) is 5.10 Å². The lowest BCUT2D eigenvalue weighted by Crippen LogP contribution is -2.56. The Morgan fingerprint density at radius 1 is 1.32 bits per heavy atom. The molecule has 0 saturated carbocycles. The van der Waals surface area contributed by atoms with E-state index in [0.717, 1.165) is 0 Å². The minimum absolute atomic E-state index is 0.0139. The van der Waals surface area contributed by atoms with Crippen molar-refractivity contribution in [2.24, 2.45) is 11.0 Å². The van der Waals surface area contributed by atoms with E-state index in [-0.39, 0.29) is 17.3 Å². The molecular weight excluding hydrogens is 308 g/mol. The highest BCUT2D eigenvalue weighted by molar-refractivity contribution is 7.80. The predicted octanol–water partition coefficient (Wildman–Crippen LogP) is -0.620. The number of carbonyl (C=O) groups excluding carboxylic acids is 3. The Morgan fingerprint density at radius 2 is 1.95 bits per heavy atom. The molecule has 1 saturated heterocycles. The number of nitrogens with zero attached hydrogens (tertiary/aromatic N) is 1. The van der Waals surface area contributed by atoms with Crippen LogP contribution in [0.2, 0.25) is 0 Å². The average Bonchev–Trinajstić information content (AvgIpc) is 2.45. The Balaban J connectivity index is 1.91. The highest BCUT2D eigenvalue weighted by Crippen LogP contribution is 2.12. The van der Waals surface area contributed by atoms with Crippen molar-refractivity contribution in [3.05, 3.63) is 29.8 Å². The lowest BCUT2D eigenvalue weighted by molar-refractivity contribution is -0.138. The summed E-state index contributed by atoms with van der Waals surface area (Å²) in [6, 6.07) is 6.43. The van der Waals surface area contributed by atoms with E-state index in [2.05, 4.69) is 33.4 Å². The topological polar surface area (TPSA) is 120 Å². The molecule has 1 heterocycles. The van der Waals surface area contributed by atoms with Gasteiger partial charge in [-0.15, -0.1) is 0 Å². The lowest BCUT2D eigenvalue weighted by atomic mass is 10.0. The number of phenols is 1. The summed E-state index contributed by atoms with van der Waals surface area (Å²) in [6.45, 7) is 0. The molecule has 9 heteroatoms. The normalized spacial score (nSPS) is 15.5. The number of para-hydroxylation sites is 1. The third-order valence-electron chi connectivity index (χ3n) is 2.83. The Kier molecular flexibility index (Phi) is 4.79. The summed E-state index contributed by atoms with van der Waals surface area (Å²) in [5.41, 5.74) is 2.60. The first-order chi connectivity index (χ1) is 10.5. The fourth-order valence-corrected chi connectivity index (χ4v) is 1.94. The van der Waals surface area contributed by atoms with Crippen molar-refractivity contribution in [1.29, 1.82) is 0 Å². The zero-order valence-corrected chi connectivity index (χ0v) is 12.0. The Hall–Kier alpha value is -2.81. The fraction of sp³-hybridized carbons (Fsp3) is 0.154. The molecule has 1 aromatic rings. The number of amides is 3. The van der Waals surface area contributed by atoms with Crippen LogP contribution in [0.25, 0.3) is 0 Å². The van der Waals surface area contributed by atoms with Gasteiger partial charge in [-0.1, -0.05) is 12.1 Å². The van der Waals surface area contributed by atoms with Crippen molar-refractivity contribution in [3.8, 4) is 5.75 Å². The average molecular weight is 320 g/mol. The van der Waals surface area contributed by atoms with Gasteiger partial charge in [0.15, 0.2) is 5.11 Å². The summed E-state index contributed by atoms with van der Waals surface area (Å²) >= 11 is 4.65. The second-order valence-corrected chi connectivity index (χ2v) is 4.82. The van der Waals surface area contributed by atoms with Crippen molar-refractivity contribution in [2.75, 3.05) is 0 Å². The first kappa shape index (κ1) is 15.6. The zero-order valence-electron chi connectivity index (χ0n) is 11.2. The van der Waals surface area contributed by atoms with E-state index in [0.29, 0.717) is 5.56 Å². The lowest BCUT2D eigenvalue weighted by Gasteiger charge is -2.21. The van der Waals surface area contributed by atoms with E-state index >= 15 is 0 Å². The Labute approximate surface area is 130 Å². The molecule has 4 N–H and O–H groups in total. The summed E-state index contributed by atoms with van der Waals surface area (Å²) in [5.74, 6) is -3.02. The van der Waals surface area contributed by atoms with Crippen molar-refractivity contribution >= 4 is 41.3 Å². The summed E-state index contributed by atoms with van der Waals surface area (Å²) in [4.78, 5) is 34.8. The molecule has 22 heavy (non-hydrogen) atoms. The number of carbonyl (C=O) groups is 3. The van der Waals surface area contributed by atoms with Gasteiger partial charge < -0.3 is 15.7 Å². The van der Waals surface area contributed by atoms with Crippen LogP contribution in [0.3, 0.4) is 0 Å². The Bertz CT molecular complexity index is 654. The van der Waals surface area contributed by atoms with E-state index in [1.165, 1.54) is 12.3 Å². The van der Waals surface area contributed by atoms with Crippen LogP contribution in [-0.2, 0) is 14.4 Å². The van der Waals surface area contributed by atoms with Crippen LogP contribution in [0.1, 0.15) is 12.0 Å². The molecule has 3 amide bonds. The molecule has 114 valence electrons. The number of hydrazone groups is 1. The highest BCUT2D eigenvalue weighted by Gasteiger charge is 2.34. The second kappa shape index (κ2) is 6.76. The Morgan fingerprint density at radius 3 is 2.59 bits per heavy atom. The van der Waals surface area contributed by atoms with Crippen molar-refractivity contribution < 1.29 is 19.5 Å². The van der Waals surface area contributed by atoms with E-state index in [1.807, 2.05) is 0 Å². The molecule has 0 unspecified atom stereocenters. The number of phenolic OH excluding ortho intramolecular Hbond substituents is 1. The van der Waals surface area contributed by atoms with Crippen LogP contribution in [0, 0.1) is 5.92 Å². The fourth-order valence-electron chi connectivity index (χ4n) is 1.74. The molecule has 1 aliphatic rings. The maximum atomic E-state index is 11.7. The quantitative estimate of drug-likeness (QED) is 0.255. The van der Waals surface area contributed by atoms with E-state index < -0.39 is 23.6 Å². The number of hydrogen-bond donors (Lipinski definition) is 4. The van der Waals surface area contributed by atoms with Gasteiger partial charge in [-0.05, 0) is 24.4 Å². The number of nitrogens with one attached hydrogen (secondary N) is 3.